The quantitative estimate of drug-likeness (QED) is 0.777. The zero-order valence-electron chi connectivity index (χ0n) is 14.4. The van der Waals surface area contributed by atoms with Gasteiger partial charge in [-0.25, -0.2) is 0 Å². The van der Waals surface area contributed by atoms with Gasteiger partial charge in [-0.3, -0.25) is 14.5 Å². The Bertz CT molecular complexity index is 592. The second-order valence-corrected chi connectivity index (χ2v) is 6.68. The number of likely N-dealkylation sites (tertiary alicyclic amines) is 2. The minimum Gasteiger partial charge on any atom is -0.469 e. The second-order valence-electron chi connectivity index (χ2n) is 6.68. The van der Waals surface area contributed by atoms with E-state index in [4.69, 9.17) is 9.26 Å². The molecule has 0 spiro atoms. The molecule has 24 heavy (non-hydrogen) atoms. The number of carbonyl (C=O) groups is 2. The van der Waals surface area contributed by atoms with Gasteiger partial charge in [-0.15, -0.1) is 0 Å². The van der Waals surface area contributed by atoms with E-state index < -0.39 is 0 Å². The van der Waals surface area contributed by atoms with E-state index in [0.717, 1.165) is 30.8 Å². The largest absolute Gasteiger partial charge is 0.469 e. The van der Waals surface area contributed by atoms with E-state index in [1.165, 1.54) is 7.11 Å². The number of piperidine rings is 1. The zero-order valence-corrected chi connectivity index (χ0v) is 14.4. The third-order valence-electron chi connectivity index (χ3n) is 5.06. The van der Waals surface area contributed by atoms with Gasteiger partial charge in [-0.05, 0) is 39.2 Å². The van der Waals surface area contributed by atoms with E-state index in [2.05, 4.69) is 10.1 Å². The fraction of sp³-hybridized carbons (Fsp3) is 0.706. The van der Waals surface area contributed by atoms with Crippen LogP contribution in [0.5, 0.6) is 0 Å². The van der Waals surface area contributed by atoms with Crippen LogP contribution in [0.3, 0.4) is 0 Å². The van der Waals surface area contributed by atoms with E-state index in [-0.39, 0.29) is 23.8 Å². The maximum Gasteiger partial charge on any atom is 0.308 e. The van der Waals surface area contributed by atoms with Crippen LogP contribution in [-0.2, 0) is 14.3 Å². The smallest absolute Gasteiger partial charge is 0.308 e. The van der Waals surface area contributed by atoms with Crippen LogP contribution in [0.2, 0.25) is 0 Å². The number of ether oxygens (including phenoxy) is 1. The third-order valence-corrected chi connectivity index (χ3v) is 5.06. The molecule has 7 nitrogen and oxygen atoms in total. The van der Waals surface area contributed by atoms with Gasteiger partial charge >= 0.3 is 5.97 Å². The van der Waals surface area contributed by atoms with E-state index in [0.29, 0.717) is 32.5 Å². The van der Waals surface area contributed by atoms with Crippen LogP contribution in [0.4, 0.5) is 0 Å². The molecule has 0 aromatic carbocycles. The topological polar surface area (TPSA) is 75.9 Å². The van der Waals surface area contributed by atoms with Gasteiger partial charge in [0.2, 0.25) is 5.91 Å². The summed E-state index contributed by atoms with van der Waals surface area (Å²) >= 11 is 0. The lowest BCUT2D eigenvalue weighted by atomic mass is 9.97. The van der Waals surface area contributed by atoms with Crippen molar-refractivity contribution in [3.8, 4) is 0 Å². The number of nitrogens with zero attached hydrogens (tertiary/aromatic N) is 3. The van der Waals surface area contributed by atoms with Crippen molar-refractivity contribution in [1.82, 2.24) is 15.0 Å². The Morgan fingerprint density at radius 3 is 2.67 bits per heavy atom. The molecular formula is C17H25N3O4. The Morgan fingerprint density at radius 1 is 1.29 bits per heavy atom. The minimum atomic E-state index is -0.164. The Balaban J connectivity index is 1.54. The summed E-state index contributed by atoms with van der Waals surface area (Å²) in [6, 6.07) is 2.10. The fourth-order valence-electron chi connectivity index (χ4n) is 3.68. The SMILES string of the molecule is COC(=O)C1CCN(C(=O)CN2CCC[C@H]2c2cc(C)no2)CC1. The summed E-state index contributed by atoms with van der Waals surface area (Å²) in [4.78, 5) is 28.2. The second kappa shape index (κ2) is 7.34. The Kier molecular flexibility index (Phi) is 5.18. The summed E-state index contributed by atoms with van der Waals surface area (Å²) in [6.07, 6.45) is 3.42. The summed E-state index contributed by atoms with van der Waals surface area (Å²) in [6.45, 7) is 4.45. The lowest BCUT2D eigenvalue weighted by molar-refractivity contribution is -0.149. The summed E-state index contributed by atoms with van der Waals surface area (Å²) in [5.41, 5.74) is 0.869. The molecule has 1 aromatic heterocycles. The van der Waals surface area contributed by atoms with Crippen molar-refractivity contribution >= 4 is 11.9 Å². The van der Waals surface area contributed by atoms with Crippen molar-refractivity contribution < 1.29 is 18.8 Å². The molecule has 2 aliphatic heterocycles. The molecule has 2 aliphatic rings. The number of aromatic nitrogens is 1. The van der Waals surface area contributed by atoms with Crippen molar-refractivity contribution in [2.75, 3.05) is 33.3 Å². The van der Waals surface area contributed by atoms with E-state index in [1.54, 1.807) is 0 Å². The van der Waals surface area contributed by atoms with Crippen LogP contribution < -0.4 is 0 Å². The van der Waals surface area contributed by atoms with Crippen LogP contribution in [0, 0.1) is 12.8 Å². The number of hydrogen-bond acceptors (Lipinski definition) is 6. The van der Waals surface area contributed by atoms with Gasteiger partial charge in [-0.2, -0.15) is 0 Å². The molecule has 0 saturated carbocycles. The standard InChI is InChI=1S/C17H25N3O4/c1-12-10-15(24-18-12)14-4-3-7-20(14)11-16(21)19-8-5-13(6-9-19)17(22)23-2/h10,13-14H,3-9,11H2,1-2H3/t14-/m0/s1. The van der Waals surface area contributed by atoms with Crippen molar-refractivity contribution in [1.29, 1.82) is 0 Å². The molecule has 1 atom stereocenters. The van der Waals surface area contributed by atoms with E-state index in [9.17, 15) is 9.59 Å². The van der Waals surface area contributed by atoms with Gasteiger partial charge < -0.3 is 14.2 Å². The minimum absolute atomic E-state index is 0.0734. The number of esters is 1. The first kappa shape index (κ1) is 17.0. The first-order valence-corrected chi connectivity index (χ1v) is 8.61. The molecule has 1 amide bonds. The highest BCUT2D eigenvalue weighted by molar-refractivity contribution is 5.79. The van der Waals surface area contributed by atoms with Gasteiger partial charge in [0.25, 0.3) is 0 Å². The lowest BCUT2D eigenvalue weighted by Crippen LogP contribution is -2.45. The average molecular weight is 335 g/mol. The molecule has 3 heterocycles. The molecule has 1 aromatic rings. The van der Waals surface area contributed by atoms with Gasteiger partial charge in [0.1, 0.15) is 0 Å². The molecule has 0 bridgehead atoms. The molecule has 3 rings (SSSR count). The van der Waals surface area contributed by atoms with Crippen LogP contribution in [0.15, 0.2) is 10.6 Å². The molecule has 2 saturated heterocycles. The van der Waals surface area contributed by atoms with Crippen molar-refractivity contribution in [2.45, 2.75) is 38.6 Å². The predicted octanol–water partition coefficient (Wildman–Crippen LogP) is 1.53. The third kappa shape index (κ3) is 3.61. The van der Waals surface area contributed by atoms with Crippen LogP contribution in [0.25, 0.3) is 0 Å². The van der Waals surface area contributed by atoms with Crippen LogP contribution in [-0.4, -0.2) is 60.1 Å². The van der Waals surface area contributed by atoms with E-state index in [1.807, 2.05) is 17.9 Å². The normalized spacial score (nSPS) is 22.8. The Hall–Kier alpha value is -1.89. The first-order valence-electron chi connectivity index (χ1n) is 8.61. The first-order chi connectivity index (χ1) is 11.6. The van der Waals surface area contributed by atoms with Gasteiger partial charge in [0, 0.05) is 19.2 Å². The number of aryl methyl sites for hydroxylation is 1. The molecule has 2 fully saturated rings. The molecular weight excluding hydrogens is 310 g/mol. The number of hydrogen-bond donors (Lipinski definition) is 0. The number of methoxy groups -OCH3 is 1. The maximum absolute atomic E-state index is 12.6. The van der Waals surface area contributed by atoms with Crippen LogP contribution in [0.1, 0.15) is 43.2 Å². The summed E-state index contributed by atoms with van der Waals surface area (Å²) in [5.74, 6) is 0.738. The van der Waals surface area contributed by atoms with Crippen molar-refractivity contribution in [2.24, 2.45) is 5.92 Å². The number of amides is 1. The van der Waals surface area contributed by atoms with Gasteiger partial charge in [0.05, 0.1) is 31.3 Å². The maximum atomic E-state index is 12.6. The fourth-order valence-corrected chi connectivity index (χ4v) is 3.68. The van der Waals surface area contributed by atoms with Crippen molar-refractivity contribution in [3.63, 3.8) is 0 Å². The summed E-state index contributed by atoms with van der Waals surface area (Å²) in [7, 11) is 1.42. The Morgan fingerprint density at radius 2 is 2.04 bits per heavy atom. The van der Waals surface area contributed by atoms with Crippen molar-refractivity contribution in [3.05, 3.63) is 17.5 Å². The molecule has 0 aliphatic carbocycles. The Labute approximate surface area is 141 Å². The highest BCUT2D eigenvalue weighted by Gasteiger charge is 2.33. The number of carbonyl (C=O) groups excluding carboxylic acids is 2. The molecule has 7 heteroatoms. The van der Waals surface area contributed by atoms with Crippen LogP contribution >= 0.6 is 0 Å². The molecule has 0 radical (unpaired) electrons. The molecule has 0 N–H and O–H groups in total. The highest BCUT2D eigenvalue weighted by atomic mass is 16.5. The number of rotatable bonds is 4. The lowest BCUT2D eigenvalue weighted by Gasteiger charge is -2.32. The summed E-state index contributed by atoms with van der Waals surface area (Å²) < 4.78 is 10.2. The molecule has 132 valence electrons. The summed E-state index contributed by atoms with van der Waals surface area (Å²) in [5, 5.41) is 3.96. The predicted molar refractivity (Wildman–Crippen MR) is 86.1 cm³/mol. The monoisotopic (exact) mass is 335 g/mol. The highest BCUT2D eigenvalue weighted by Crippen LogP contribution is 2.32. The zero-order chi connectivity index (χ0) is 17.1. The van der Waals surface area contributed by atoms with E-state index >= 15 is 0 Å². The van der Waals surface area contributed by atoms with Gasteiger partial charge in [0.15, 0.2) is 5.76 Å². The van der Waals surface area contributed by atoms with Gasteiger partial charge in [-0.1, -0.05) is 5.16 Å². The average Bonchev–Trinajstić information content (AvgIpc) is 3.22. The molecule has 0 unspecified atom stereocenters.